The van der Waals surface area contributed by atoms with Crippen LogP contribution in [0.4, 0.5) is 37.7 Å². The van der Waals surface area contributed by atoms with Crippen LogP contribution in [0.25, 0.3) is 0 Å². The number of aromatic hydroxyl groups is 2. The van der Waals surface area contributed by atoms with Crippen LogP contribution in [0.2, 0.25) is 38.3 Å². The summed E-state index contributed by atoms with van der Waals surface area (Å²) >= 11 is 0. The highest BCUT2D eigenvalue weighted by Gasteiger charge is 2.72. The maximum atomic E-state index is 14.5. The molecule has 0 saturated heterocycles. The van der Waals surface area contributed by atoms with Gasteiger partial charge in [-0.05, 0) is 138 Å². The second-order valence-electron chi connectivity index (χ2n) is 16.4. The third-order valence-corrected chi connectivity index (χ3v) is 17.9. The Hall–Kier alpha value is -5.51. The summed E-state index contributed by atoms with van der Waals surface area (Å²) in [5.74, 6) is -2.67. The fourth-order valence-electron chi connectivity index (χ4n) is 7.09. The first kappa shape index (κ1) is 52.8. The van der Waals surface area contributed by atoms with E-state index in [0.29, 0.717) is 54.1 Å². The van der Waals surface area contributed by atoms with Crippen LogP contribution in [-0.2, 0) is 9.53 Å². The number of hydrogen-bond acceptors (Lipinski definition) is 9. The minimum atomic E-state index is -5.94. The van der Waals surface area contributed by atoms with E-state index < -0.39 is 68.6 Å². The van der Waals surface area contributed by atoms with Crippen molar-refractivity contribution in [2.75, 3.05) is 37.8 Å². The SMILES string of the molecule is CNCCC[Si](C)(C)O[Si](C)(C)CCCNC(=O)c1ccc(C(C)=O)cc1.CNc1cc(C(c2ccc(O)c(NC(=O)c3ccc(C(C)=O)cc3)c2)(C(F)(F)F)C(F)(F)F)ccc1O. The predicted molar refractivity (Wildman–Crippen MR) is 241 cm³/mol. The van der Waals surface area contributed by atoms with E-state index >= 15 is 0 Å². The Morgan fingerprint density at radius 1 is 0.578 bits per heavy atom. The molecule has 0 bridgehead atoms. The average Bonchev–Trinajstić information content (AvgIpc) is 3.20. The molecule has 4 rings (SSSR count). The van der Waals surface area contributed by atoms with Crippen LogP contribution < -0.4 is 21.3 Å². The van der Waals surface area contributed by atoms with Crippen molar-refractivity contribution in [3.8, 4) is 11.5 Å². The van der Waals surface area contributed by atoms with Gasteiger partial charge in [-0.1, -0.05) is 36.4 Å². The first-order chi connectivity index (χ1) is 29.7. The molecule has 11 nitrogen and oxygen atoms in total. The normalized spacial score (nSPS) is 12.2. The fraction of sp³-hybridized carbons (Fsp3) is 0.378. The van der Waals surface area contributed by atoms with Crippen molar-refractivity contribution in [1.29, 1.82) is 0 Å². The van der Waals surface area contributed by atoms with Crippen LogP contribution in [0, 0.1) is 0 Å². The van der Waals surface area contributed by atoms with Crippen molar-refractivity contribution >= 4 is 51.4 Å². The molecule has 19 heteroatoms. The summed E-state index contributed by atoms with van der Waals surface area (Å²) < 4.78 is 93.4. The number of benzene rings is 4. The molecule has 0 saturated carbocycles. The topological polar surface area (TPSA) is 166 Å². The summed E-state index contributed by atoms with van der Waals surface area (Å²) in [4.78, 5) is 47.5. The van der Waals surface area contributed by atoms with Crippen molar-refractivity contribution in [2.45, 2.75) is 82.7 Å². The summed E-state index contributed by atoms with van der Waals surface area (Å²) in [7, 11) is -0.143. The van der Waals surface area contributed by atoms with Gasteiger partial charge in [0.05, 0.1) is 11.4 Å². The molecular formula is C45H56F6N4O7Si2. The summed E-state index contributed by atoms with van der Waals surface area (Å²) in [6.07, 6.45) is -9.78. The summed E-state index contributed by atoms with van der Waals surface area (Å²) in [5, 5.41) is 30.5. The molecule has 2 amide bonds. The smallest absolute Gasteiger partial charge is 0.411 e. The van der Waals surface area contributed by atoms with Gasteiger partial charge in [0.2, 0.25) is 5.41 Å². The largest absolute Gasteiger partial charge is 0.506 e. The highest BCUT2D eigenvalue weighted by atomic mass is 28.4. The van der Waals surface area contributed by atoms with Crippen molar-refractivity contribution < 1.29 is 59.8 Å². The molecule has 0 aliphatic carbocycles. The number of ketones is 2. The lowest BCUT2D eigenvalue weighted by Crippen LogP contribution is -2.54. The summed E-state index contributed by atoms with van der Waals surface area (Å²) in [6, 6.07) is 17.3. The Morgan fingerprint density at radius 3 is 1.38 bits per heavy atom. The third-order valence-electron chi connectivity index (χ3n) is 10.3. The molecule has 4 aromatic rings. The second kappa shape index (κ2) is 21.9. The molecule has 348 valence electrons. The molecule has 0 aromatic heterocycles. The van der Waals surface area contributed by atoms with Gasteiger partial charge in [0.1, 0.15) is 11.5 Å². The van der Waals surface area contributed by atoms with Crippen molar-refractivity contribution in [3.63, 3.8) is 0 Å². The number of phenolic OH excluding ortho intramolecular Hbond substituents is 2. The van der Waals surface area contributed by atoms with Gasteiger partial charge in [0.15, 0.2) is 28.2 Å². The van der Waals surface area contributed by atoms with Gasteiger partial charge in [0.25, 0.3) is 11.8 Å². The van der Waals surface area contributed by atoms with Crippen LogP contribution in [0.3, 0.4) is 0 Å². The lowest BCUT2D eigenvalue weighted by Gasteiger charge is -2.38. The number of halogens is 6. The number of Topliss-reactive ketones (excluding diaryl/α,β-unsaturated/α-hetero) is 2. The lowest BCUT2D eigenvalue weighted by atomic mass is 9.72. The highest BCUT2D eigenvalue weighted by Crippen LogP contribution is 2.57. The lowest BCUT2D eigenvalue weighted by molar-refractivity contribution is -0.288. The van der Waals surface area contributed by atoms with Crippen LogP contribution in [0.15, 0.2) is 84.9 Å². The zero-order valence-electron chi connectivity index (χ0n) is 37.0. The van der Waals surface area contributed by atoms with Gasteiger partial charge in [-0.25, -0.2) is 0 Å². The second-order valence-corrected chi connectivity index (χ2v) is 25.2. The fourth-order valence-corrected chi connectivity index (χ4v) is 15.9. The molecule has 0 radical (unpaired) electrons. The number of carbonyl (C=O) groups excluding carboxylic acids is 4. The number of anilines is 2. The van der Waals surface area contributed by atoms with E-state index in [-0.39, 0.29) is 34.3 Å². The minimum absolute atomic E-state index is 0.00609. The molecule has 0 aliphatic heterocycles. The Kier molecular flexibility index (Phi) is 18.1. The van der Waals surface area contributed by atoms with Gasteiger partial charge in [-0.2, -0.15) is 26.3 Å². The first-order valence-corrected chi connectivity index (χ1v) is 26.6. The molecule has 0 heterocycles. The molecule has 4 aromatic carbocycles. The van der Waals surface area contributed by atoms with E-state index in [1.807, 2.05) is 7.05 Å². The molecule has 0 aliphatic rings. The van der Waals surface area contributed by atoms with Crippen LogP contribution in [-0.4, -0.2) is 89.8 Å². The number of phenols is 2. The summed E-state index contributed by atoms with van der Waals surface area (Å²) in [5.41, 5.74) is -6.83. The van der Waals surface area contributed by atoms with E-state index in [9.17, 15) is 55.7 Å². The molecule has 0 unspecified atom stereocenters. The van der Waals surface area contributed by atoms with Crippen LogP contribution >= 0.6 is 0 Å². The molecule has 0 atom stereocenters. The first-order valence-electron chi connectivity index (χ1n) is 20.3. The quantitative estimate of drug-likeness (QED) is 0.0187. The maximum Gasteiger partial charge on any atom is 0.411 e. The zero-order valence-corrected chi connectivity index (χ0v) is 39.0. The molecule has 0 fully saturated rings. The highest BCUT2D eigenvalue weighted by molar-refractivity contribution is 6.84. The van der Waals surface area contributed by atoms with Gasteiger partial charge in [-0.15, -0.1) is 0 Å². The Labute approximate surface area is 371 Å². The van der Waals surface area contributed by atoms with E-state index in [4.69, 9.17) is 4.12 Å². The Bertz CT molecular complexity index is 2240. The number of rotatable bonds is 18. The molecule has 0 spiro atoms. The van der Waals surface area contributed by atoms with Gasteiger partial charge in [-0.3, -0.25) is 19.2 Å². The standard InChI is InChI=1S/C25H20F6N2O4.C20H36N2O3Si2/c1-13(34)14-3-5-15(6-4-14)22(37)33-19-12-17(8-10-21(19)36)23(24(26,27)28,25(29,30)31)16-7-9-20(35)18(11-16)32-2;1-17(23)18-9-11-19(12-10-18)20(24)22-14-8-16-27(5,6)25-26(3,4)15-7-13-21-2/h3-12,32,35-36H,1-2H3,(H,33,37);9-12,21H,7-8,13-16H2,1-6H3,(H,22,24). The molecule has 64 heavy (non-hydrogen) atoms. The van der Waals surface area contributed by atoms with Gasteiger partial charge in [0, 0.05) is 35.8 Å². The van der Waals surface area contributed by atoms with Crippen LogP contribution in [0.1, 0.15) is 79.2 Å². The van der Waals surface area contributed by atoms with Crippen molar-refractivity contribution in [2.24, 2.45) is 0 Å². The number of carbonyl (C=O) groups is 4. The molecule has 6 N–H and O–H groups in total. The Morgan fingerprint density at radius 2 is 0.969 bits per heavy atom. The maximum absolute atomic E-state index is 14.5. The Balaban J connectivity index is 0.000000359. The van der Waals surface area contributed by atoms with E-state index in [1.54, 1.807) is 24.3 Å². The molecular weight excluding hydrogens is 879 g/mol. The number of nitrogens with one attached hydrogen (secondary N) is 4. The zero-order chi connectivity index (χ0) is 48.3. The average molecular weight is 935 g/mol. The van der Waals surface area contributed by atoms with Crippen molar-refractivity contribution in [3.05, 3.63) is 118 Å². The van der Waals surface area contributed by atoms with E-state index in [0.717, 1.165) is 19.0 Å². The van der Waals surface area contributed by atoms with E-state index in [1.165, 1.54) is 57.6 Å². The van der Waals surface area contributed by atoms with E-state index in [2.05, 4.69) is 47.5 Å². The van der Waals surface area contributed by atoms with Crippen LogP contribution in [0.5, 0.6) is 11.5 Å². The summed E-state index contributed by atoms with van der Waals surface area (Å²) in [6.45, 7) is 13.7. The monoisotopic (exact) mass is 934 g/mol. The van der Waals surface area contributed by atoms with Gasteiger partial charge >= 0.3 is 12.4 Å². The number of hydrogen-bond donors (Lipinski definition) is 6. The third kappa shape index (κ3) is 13.7. The predicted octanol–water partition coefficient (Wildman–Crippen LogP) is 10.1. The number of alkyl halides is 6. The van der Waals surface area contributed by atoms with Gasteiger partial charge < -0.3 is 35.6 Å². The minimum Gasteiger partial charge on any atom is -0.506 e. The van der Waals surface area contributed by atoms with Crippen molar-refractivity contribution in [1.82, 2.24) is 10.6 Å². The number of amides is 2.